The first-order chi connectivity index (χ1) is 13.0. The van der Waals surface area contributed by atoms with Crippen molar-refractivity contribution in [2.45, 2.75) is 40.2 Å². The second kappa shape index (κ2) is 8.24. The van der Waals surface area contributed by atoms with Gasteiger partial charge in [-0.15, -0.1) is 0 Å². The second-order valence-electron chi connectivity index (χ2n) is 6.89. The van der Waals surface area contributed by atoms with Gasteiger partial charge in [0.05, 0.1) is 24.1 Å². The normalized spacial score (nSPS) is 15.7. The highest BCUT2D eigenvalue weighted by Gasteiger charge is 2.25. The summed E-state index contributed by atoms with van der Waals surface area (Å²) < 4.78 is 7.38. The molecule has 2 amide bonds. The van der Waals surface area contributed by atoms with Gasteiger partial charge in [0, 0.05) is 25.7 Å². The summed E-state index contributed by atoms with van der Waals surface area (Å²) in [7, 11) is 0. The summed E-state index contributed by atoms with van der Waals surface area (Å²) in [6, 6.07) is 5.62. The lowest BCUT2D eigenvalue weighted by Crippen LogP contribution is -2.32. The zero-order chi connectivity index (χ0) is 19.4. The molecule has 0 fully saturated rings. The van der Waals surface area contributed by atoms with Crippen molar-refractivity contribution in [2.75, 3.05) is 18.5 Å². The number of benzene rings is 1. The molecule has 3 rings (SSSR count). The fraction of sp³-hybridized carbons (Fsp3) is 0.450. The molecule has 1 aromatic heterocycles. The van der Waals surface area contributed by atoms with E-state index in [-0.39, 0.29) is 11.8 Å². The molecule has 27 heavy (non-hydrogen) atoms. The molecule has 0 saturated heterocycles. The molecule has 1 aliphatic heterocycles. The molecule has 7 heteroatoms. The van der Waals surface area contributed by atoms with Crippen LogP contribution in [0.1, 0.15) is 41.9 Å². The molecule has 0 radical (unpaired) electrons. The second-order valence-corrected chi connectivity index (χ2v) is 6.89. The number of carbonyl (C=O) groups excluding carboxylic acids is 2. The Bertz CT molecular complexity index is 844. The maximum atomic E-state index is 12.8. The monoisotopic (exact) mass is 370 g/mol. The number of aromatic nitrogens is 2. The molecule has 7 nitrogen and oxygen atoms in total. The maximum Gasteiger partial charge on any atom is 0.259 e. The summed E-state index contributed by atoms with van der Waals surface area (Å²) in [6.45, 7) is 7.38. The summed E-state index contributed by atoms with van der Waals surface area (Å²) in [6.07, 6.45) is 3.30. The Morgan fingerprint density at radius 1 is 1.37 bits per heavy atom. The van der Waals surface area contributed by atoms with Crippen molar-refractivity contribution in [2.24, 2.45) is 5.92 Å². The molecule has 2 aromatic rings. The summed E-state index contributed by atoms with van der Waals surface area (Å²) in [5.41, 5.74) is 3.22. The van der Waals surface area contributed by atoms with Crippen LogP contribution in [0.15, 0.2) is 24.4 Å². The lowest BCUT2D eigenvalue weighted by molar-refractivity contribution is -0.119. The van der Waals surface area contributed by atoms with Gasteiger partial charge in [0.15, 0.2) is 0 Å². The molecule has 0 unspecified atom stereocenters. The van der Waals surface area contributed by atoms with Gasteiger partial charge in [-0.3, -0.25) is 14.3 Å². The molecule has 144 valence electrons. The van der Waals surface area contributed by atoms with Crippen molar-refractivity contribution in [3.63, 3.8) is 0 Å². The number of amides is 2. The standard InChI is InChI=1S/C20H26N4O3/c1-4-27-16-5-6-18(13(2)9-16)23-20(26)17-12-22-24-8-7-15(10-19(17)24)11-21-14(3)25/h5-6,9,12,15H,4,7-8,10-11H2,1-3H3,(H,21,25)(H,23,26)/t15-/m0/s1. The van der Waals surface area contributed by atoms with Crippen LogP contribution in [-0.4, -0.2) is 34.7 Å². The highest BCUT2D eigenvalue weighted by Crippen LogP contribution is 2.25. The predicted molar refractivity (Wildman–Crippen MR) is 103 cm³/mol. The first-order valence-corrected chi connectivity index (χ1v) is 9.31. The van der Waals surface area contributed by atoms with Gasteiger partial charge in [-0.05, 0) is 56.4 Å². The first kappa shape index (κ1) is 18.9. The van der Waals surface area contributed by atoms with Crippen molar-refractivity contribution >= 4 is 17.5 Å². The lowest BCUT2D eigenvalue weighted by Gasteiger charge is -2.24. The Morgan fingerprint density at radius 3 is 2.89 bits per heavy atom. The van der Waals surface area contributed by atoms with E-state index in [9.17, 15) is 9.59 Å². The quantitative estimate of drug-likeness (QED) is 0.818. The molecular weight excluding hydrogens is 344 g/mol. The van der Waals surface area contributed by atoms with E-state index < -0.39 is 0 Å². The van der Waals surface area contributed by atoms with Crippen molar-refractivity contribution < 1.29 is 14.3 Å². The third-order valence-corrected chi connectivity index (χ3v) is 4.82. The van der Waals surface area contributed by atoms with E-state index in [4.69, 9.17) is 4.74 Å². The van der Waals surface area contributed by atoms with Crippen LogP contribution < -0.4 is 15.4 Å². The van der Waals surface area contributed by atoms with Crippen LogP contribution in [-0.2, 0) is 17.8 Å². The van der Waals surface area contributed by atoms with Crippen molar-refractivity contribution in [1.82, 2.24) is 15.1 Å². The Morgan fingerprint density at radius 2 is 2.19 bits per heavy atom. The minimum atomic E-state index is -0.163. The van der Waals surface area contributed by atoms with Gasteiger partial charge in [0.2, 0.25) is 5.91 Å². The molecule has 1 aliphatic rings. The number of hydrogen-bond acceptors (Lipinski definition) is 4. The summed E-state index contributed by atoms with van der Waals surface area (Å²) >= 11 is 0. The Labute approximate surface area is 159 Å². The molecule has 0 spiro atoms. The average molecular weight is 370 g/mol. The Balaban J connectivity index is 1.72. The average Bonchev–Trinajstić information content (AvgIpc) is 3.06. The molecule has 1 atom stereocenters. The van der Waals surface area contributed by atoms with Gasteiger partial charge in [-0.25, -0.2) is 0 Å². The minimum Gasteiger partial charge on any atom is -0.494 e. The molecule has 2 N–H and O–H groups in total. The van der Waals surface area contributed by atoms with E-state index in [1.165, 1.54) is 6.92 Å². The van der Waals surface area contributed by atoms with Gasteiger partial charge < -0.3 is 15.4 Å². The number of carbonyl (C=O) groups is 2. The van der Waals surface area contributed by atoms with Crippen molar-refractivity contribution in [3.05, 3.63) is 41.2 Å². The number of rotatable bonds is 6. The van der Waals surface area contributed by atoms with Crippen molar-refractivity contribution in [3.8, 4) is 5.75 Å². The fourth-order valence-electron chi connectivity index (χ4n) is 3.37. The highest BCUT2D eigenvalue weighted by atomic mass is 16.5. The van der Waals surface area contributed by atoms with E-state index >= 15 is 0 Å². The molecular formula is C20H26N4O3. The first-order valence-electron chi connectivity index (χ1n) is 9.31. The van der Waals surface area contributed by atoms with E-state index in [1.807, 2.05) is 36.7 Å². The van der Waals surface area contributed by atoms with E-state index in [1.54, 1.807) is 6.20 Å². The zero-order valence-corrected chi connectivity index (χ0v) is 16.0. The molecule has 0 bridgehead atoms. The van der Waals surface area contributed by atoms with E-state index in [2.05, 4.69) is 15.7 Å². The van der Waals surface area contributed by atoms with Gasteiger partial charge in [0.1, 0.15) is 5.75 Å². The van der Waals surface area contributed by atoms with E-state index in [0.29, 0.717) is 24.6 Å². The molecule has 2 heterocycles. The van der Waals surface area contributed by atoms with Crippen molar-refractivity contribution in [1.29, 1.82) is 0 Å². The fourth-order valence-corrected chi connectivity index (χ4v) is 3.37. The van der Waals surface area contributed by atoms with Crippen LogP contribution in [0.25, 0.3) is 0 Å². The molecule has 0 aliphatic carbocycles. The SMILES string of the molecule is CCOc1ccc(NC(=O)c2cnn3c2C[C@@H](CNC(C)=O)CC3)c(C)c1. The largest absolute Gasteiger partial charge is 0.494 e. The van der Waals surface area contributed by atoms with Crippen LogP contribution in [0.5, 0.6) is 5.75 Å². The topological polar surface area (TPSA) is 85.2 Å². The van der Waals surface area contributed by atoms with Crippen LogP contribution in [0, 0.1) is 12.8 Å². The third kappa shape index (κ3) is 4.48. The van der Waals surface area contributed by atoms with Gasteiger partial charge >= 0.3 is 0 Å². The smallest absolute Gasteiger partial charge is 0.259 e. The van der Waals surface area contributed by atoms with Crippen LogP contribution in [0.4, 0.5) is 5.69 Å². The maximum absolute atomic E-state index is 12.8. The lowest BCUT2D eigenvalue weighted by atomic mass is 9.94. The number of aryl methyl sites for hydroxylation is 2. The Hall–Kier alpha value is -2.83. The molecule has 1 aromatic carbocycles. The van der Waals surface area contributed by atoms with Crippen LogP contribution in [0.3, 0.4) is 0 Å². The number of anilines is 1. The summed E-state index contributed by atoms with van der Waals surface area (Å²) in [5, 5.41) is 10.2. The van der Waals surface area contributed by atoms with Gasteiger partial charge in [-0.2, -0.15) is 5.10 Å². The number of nitrogens with one attached hydrogen (secondary N) is 2. The number of fused-ring (bicyclic) bond motifs is 1. The highest BCUT2D eigenvalue weighted by molar-refractivity contribution is 6.05. The van der Waals surface area contributed by atoms with Gasteiger partial charge in [-0.1, -0.05) is 0 Å². The van der Waals surface area contributed by atoms with Crippen LogP contribution in [0.2, 0.25) is 0 Å². The Kier molecular flexibility index (Phi) is 5.78. The zero-order valence-electron chi connectivity index (χ0n) is 16.0. The number of ether oxygens (including phenoxy) is 1. The van der Waals surface area contributed by atoms with E-state index in [0.717, 1.165) is 42.1 Å². The summed E-state index contributed by atoms with van der Waals surface area (Å²) in [4.78, 5) is 24.0. The predicted octanol–water partition coefficient (Wildman–Crippen LogP) is 2.54. The number of hydrogen-bond donors (Lipinski definition) is 2. The minimum absolute atomic E-state index is 0.0296. The summed E-state index contributed by atoms with van der Waals surface area (Å²) in [5.74, 6) is 0.912. The van der Waals surface area contributed by atoms with Gasteiger partial charge in [0.25, 0.3) is 5.91 Å². The molecule has 0 saturated carbocycles. The third-order valence-electron chi connectivity index (χ3n) is 4.82. The van der Waals surface area contributed by atoms with Crippen LogP contribution >= 0.6 is 0 Å². The number of nitrogens with zero attached hydrogens (tertiary/aromatic N) is 2.